The van der Waals surface area contributed by atoms with E-state index in [2.05, 4.69) is 100 Å². The number of imidazole rings is 1. The van der Waals surface area contributed by atoms with Crippen LogP contribution in [0.5, 0.6) is 0 Å². The van der Waals surface area contributed by atoms with Crippen LogP contribution >= 0.6 is 0 Å². The van der Waals surface area contributed by atoms with Crippen molar-refractivity contribution in [3.63, 3.8) is 0 Å². The molecule has 0 atom stereocenters. The third-order valence-corrected chi connectivity index (χ3v) is 5.50. The van der Waals surface area contributed by atoms with Gasteiger partial charge in [0.05, 0.1) is 17.9 Å². The van der Waals surface area contributed by atoms with Crippen LogP contribution in [0.1, 0.15) is 18.1 Å². The molecule has 29 heavy (non-hydrogen) atoms. The average molecular weight is 380 g/mol. The Morgan fingerprint density at radius 2 is 1.72 bits per heavy atom. The van der Waals surface area contributed by atoms with Crippen molar-refractivity contribution in [1.82, 2.24) is 19.8 Å². The van der Waals surface area contributed by atoms with E-state index in [-0.39, 0.29) is 0 Å². The summed E-state index contributed by atoms with van der Waals surface area (Å²) in [6.45, 7) is 5.96. The van der Waals surface area contributed by atoms with Gasteiger partial charge in [-0.15, -0.1) is 0 Å². The van der Waals surface area contributed by atoms with E-state index in [4.69, 9.17) is 0 Å². The molecule has 0 radical (unpaired) electrons. The molecule has 2 aromatic carbocycles. The van der Waals surface area contributed by atoms with Crippen LogP contribution in [0.25, 0.3) is 17.1 Å². The molecule has 144 valence electrons. The zero-order valence-corrected chi connectivity index (χ0v) is 16.8. The van der Waals surface area contributed by atoms with Crippen LogP contribution in [0, 0.1) is 6.92 Å². The normalized spacial score (nSPS) is 15.7. The number of aryl methyl sites for hydroxylation is 1. The van der Waals surface area contributed by atoms with Crippen molar-refractivity contribution < 1.29 is 0 Å². The zero-order chi connectivity index (χ0) is 19.8. The number of rotatable bonds is 4. The van der Waals surface area contributed by atoms with Crippen molar-refractivity contribution in [2.24, 2.45) is 0 Å². The van der Waals surface area contributed by atoms with E-state index in [1.807, 2.05) is 12.3 Å². The van der Waals surface area contributed by atoms with E-state index >= 15 is 0 Å². The lowest BCUT2D eigenvalue weighted by Crippen LogP contribution is -2.27. The van der Waals surface area contributed by atoms with Gasteiger partial charge in [0.25, 0.3) is 0 Å². The van der Waals surface area contributed by atoms with Crippen molar-refractivity contribution in [3.05, 3.63) is 107 Å². The van der Waals surface area contributed by atoms with Crippen molar-refractivity contribution >= 4 is 5.70 Å². The summed E-state index contributed by atoms with van der Waals surface area (Å²) in [5, 5.41) is 3.66. The molecule has 4 nitrogen and oxygen atoms in total. The number of nitrogens with one attached hydrogen (secondary N) is 1. The second-order valence-electron chi connectivity index (χ2n) is 7.71. The fraction of sp³-hybridized carbons (Fsp3) is 0.160. The SMILES string of the molecule is CC1=CC=C2NC(c3ccc(C)cc3)=C(Cn3ccnc3-c3ccccc3)N2C1. The van der Waals surface area contributed by atoms with E-state index in [1.165, 1.54) is 28.1 Å². The molecular weight excluding hydrogens is 356 g/mol. The first kappa shape index (κ1) is 17.6. The largest absolute Gasteiger partial charge is 0.340 e. The number of hydrogen-bond acceptors (Lipinski definition) is 3. The van der Waals surface area contributed by atoms with Crippen LogP contribution in [-0.4, -0.2) is 21.0 Å². The Hall–Kier alpha value is -3.53. The third kappa shape index (κ3) is 3.27. The Labute approximate surface area is 171 Å². The highest BCUT2D eigenvalue weighted by Crippen LogP contribution is 2.34. The summed E-state index contributed by atoms with van der Waals surface area (Å²) in [5.74, 6) is 2.13. The van der Waals surface area contributed by atoms with Crippen LogP contribution < -0.4 is 5.32 Å². The van der Waals surface area contributed by atoms with Gasteiger partial charge in [-0.2, -0.15) is 0 Å². The highest BCUT2D eigenvalue weighted by atomic mass is 15.3. The summed E-state index contributed by atoms with van der Waals surface area (Å²) in [7, 11) is 0. The van der Waals surface area contributed by atoms with E-state index in [1.54, 1.807) is 0 Å². The molecule has 2 aliphatic heterocycles. The fourth-order valence-electron chi connectivity index (χ4n) is 3.95. The minimum atomic E-state index is 0.755. The van der Waals surface area contributed by atoms with Gasteiger partial charge in [0.1, 0.15) is 11.6 Å². The Morgan fingerprint density at radius 3 is 2.52 bits per heavy atom. The van der Waals surface area contributed by atoms with E-state index in [0.29, 0.717) is 0 Å². The molecule has 4 heteroatoms. The molecule has 5 rings (SSSR count). The Kier molecular flexibility index (Phi) is 4.32. The molecule has 3 heterocycles. The number of fused-ring (bicyclic) bond motifs is 1. The van der Waals surface area contributed by atoms with Crippen LogP contribution in [0.3, 0.4) is 0 Å². The summed E-state index contributed by atoms with van der Waals surface area (Å²) in [4.78, 5) is 7.02. The molecule has 2 aliphatic rings. The molecule has 0 spiro atoms. The monoisotopic (exact) mass is 380 g/mol. The average Bonchev–Trinajstić information content (AvgIpc) is 3.35. The van der Waals surface area contributed by atoms with Gasteiger partial charge in [-0.25, -0.2) is 4.98 Å². The Balaban J connectivity index is 1.57. The predicted octanol–water partition coefficient (Wildman–Crippen LogP) is 4.93. The van der Waals surface area contributed by atoms with Gasteiger partial charge in [0.15, 0.2) is 0 Å². The first-order chi connectivity index (χ1) is 14.2. The number of benzene rings is 2. The lowest BCUT2D eigenvalue weighted by molar-refractivity contribution is 0.436. The van der Waals surface area contributed by atoms with Crippen LogP contribution in [-0.2, 0) is 6.54 Å². The molecule has 0 amide bonds. The number of allylic oxidation sites excluding steroid dienone is 3. The molecule has 0 saturated carbocycles. The van der Waals surface area contributed by atoms with Crippen molar-refractivity contribution in [2.75, 3.05) is 6.54 Å². The van der Waals surface area contributed by atoms with E-state index < -0.39 is 0 Å². The highest BCUT2D eigenvalue weighted by molar-refractivity contribution is 5.72. The predicted molar refractivity (Wildman–Crippen MR) is 117 cm³/mol. The minimum Gasteiger partial charge on any atom is -0.340 e. The van der Waals surface area contributed by atoms with Gasteiger partial charge < -0.3 is 14.8 Å². The lowest BCUT2D eigenvalue weighted by Gasteiger charge is -2.26. The smallest absolute Gasteiger partial charge is 0.140 e. The van der Waals surface area contributed by atoms with Gasteiger partial charge in [0, 0.05) is 24.5 Å². The van der Waals surface area contributed by atoms with Crippen LogP contribution in [0.2, 0.25) is 0 Å². The number of aromatic nitrogens is 2. The van der Waals surface area contributed by atoms with E-state index in [0.717, 1.165) is 30.3 Å². The molecule has 1 aromatic heterocycles. The van der Waals surface area contributed by atoms with Crippen LogP contribution in [0.4, 0.5) is 0 Å². The summed E-state index contributed by atoms with van der Waals surface area (Å²) in [6, 6.07) is 19.1. The van der Waals surface area contributed by atoms with Gasteiger partial charge in [-0.05, 0) is 25.5 Å². The number of hydrogen-bond donors (Lipinski definition) is 1. The standard InChI is InChI=1S/C25H24N4/c1-18-8-11-20(12-9-18)24-22(29-16-19(2)10-13-23(29)27-24)17-28-15-14-26-25(28)21-6-4-3-5-7-21/h3-15,27H,16-17H2,1-2H3. The zero-order valence-electron chi connectivity index (χ0n) is 16.8. The Bertz CT molecular complexity index is 1130. The van der Waals surface area contributed by atoms with Crippen LogP contribution in [0.15, 0.2) is 96.2 Å². The van der Waals surface area contributed by atoms with Crippen molar-refractivity contribution in [3.8, 4) is 11.4 Å². The maximum absolute atomic E-state index is 4.63. The molecule has 0 bridgehead atoms. The van der Waals surface area contributed by atoms with Gasteiger partial charge in [-0.1, -0.05) is 71.8 Å². The summed E-state index contributed by atoms with van der Waals surface area (Å²) < 4.78 is 2.23. The number of nitrogens with zero attached hydrogens (tertiary/aromatic N) is 3. The lowest BCUT2D eigenvalue weighted by atomic mass is 10.1. The van der Waals surface area contributed by atoms with E-state index in [9.17, 15) is 0 Å². The second-order valence-corrected chi connectivity index (χ2v) is 7.71. The second kappa shape index (κ2) is 7.13. The molecule has 3 aromatic rings. The maximum Gasteiger partial charge on any atom is 0.140 e. The van der Waals surface area contributed by atoms with Gasteiger partial charge in [-0.3, -0.25) is 0 Å². The van der Waals surface area contributed by atoms with Crippen molar-refractivity contribution in [1.29, 1.82) is 0 Å². The fourth-order valence-corrected chi connectivity index (χ4v) is 3.95. The first-order valence-electron chi connectivity index (χ1n) is 9.98. The molecule has 0 unspecified atom stereocenters. The summed E-state index contributed by atoms with van der Waals surface area (Å²) in [6.07, 6.45) is 8.32. The minimum absolute atomic E-state index is 0.755. The quantitative estimate of drug-likeness (QED) is 0.696. The first-order valence-corrected chi connectivity index (χ1v) is 9.98. The molecule has 0 fully saturated rings. The maximum atomic E-state index is 4.63. The highest BCUT2D eigenvalue weighted by Gasteiger charge is 2.29. The topological polar surface area (TPSA) is 33.1 Å². The molecule has 0 saturated heterocycles. The third-order valence-electron chi connectivity index (χ3n) is 5.50. The van der Waals surface area contributed by atoms with Gasteiger partial charge >= 0.3 is 0 Å². The van der Waals surface area contributed by atoms with Crippen molar-refractivity contribution in [2.45, 2.75) is 20.4 Å². The summed E-state index contributed by atoms with van der Waals surface area (Å²) >= 11 is 0. The Morgan fingerprint density at radius 1 is 0.931 bits per heavy atom. The molecular formula is C25H24N4. The summed E-state index contributed by atoms with van der Waals surface area (Å²) in [5.41, 5.74) is 7.40. The molecule has 0 aliphatic carbocycles. The van der Waals surface area contributed by atoms with Gasteiger partial charge in [0.2, 0.25) is 0 Å². The molecule has 1 N–H and O–H groups in total.